The smallest absolute Gasteiger partial charge is 0.422 e. The maximum Gasteiger partial charge on any atom is 0.422 e. The molecule has 2 N–H and O–H groups in total. The van der Waals surface area contributed by atoms with Crippen LogP contribution in [0.2, 0.25) is 0 Å². The third-order valence-electron chi connectivity index (χ3n) is 3.14. The summed E-state index contributed by atoms with van der Waals surface area (Å²) < 4.78 is 41.6. The van der Waals surface area contributed by atoms with Crippen LogP contribution < -0.4 is 15.4 Å². The number of rotatable bonds is 8. The highest BCUT2D eigenvalue weighted by Crippen LogP contribution is 2.19. The van der Waals surface area contributed by atoms with E-state index >= 15 is 0 Å². The summed E-state index contributed by atoms with van der Waals surface area (Å²) in [5, 5.41) is 6.22. The van der Waals surface area contributed by atoms with E-state index in [1.807, 2.05) is 0 Å². The number of guanidine groups is 1. The van der Waals surface area contributed by atoms with Crippen LogP contribution in [0.4, 0.5) is 13.2 Å². The Bertz CT molecular complexity index is 518. The van der Waals surface area contributed by atoms with Crippen LogP contribution in [-0.2, 0) is 6.54 Å². The summed E-state index contributed by atoms with van der Waals surface area (Å²) >= 11 is 0. The van der Waals surface area contributed by atoms with Crippen molar-refractivity contribution in [2.24, 2.45) is 10.9 Å². The second-order valence-electron chi connectivity index (χ2n) is 5.76. The number of hydrogen-bond acceptors (Lipinski definition) is 3. The molecule has 8 heteroatoms. The summed E-state index contributed by atoms with van der Waals surface area (Å²) in [5.74, 6) is 1.20. The lowest BCUT2D eigenvalue weighted by atomic mass is 10.1. The zero-order valence-electron chi connectivity index (χ0n) is 14.3. The predicted molar refractivity (Wildman–Crippen MR) is 88.1 cm³/mol. The van der Waals surface area contributed by atoms with Crippen molar-refractivity contribution in [1.29, 1.82) is 0 Å². The van der Waals surface area contributed by atoms with E-state index in [1.165, 1.54) is 6.20 Å². The highest BCUT2D eigenvalue weighted by Gasteiger charge is 2.29. The topological polar surface area (TPSA) is 58.5 Å². The Balaban J connectivity index is 2.50. The molecule has 5 nitrogen and oxygen atoms in total. The second-order valence-corrected chi connectivity index (χ2v) is 5.76. The van der Waals surface area contributed by atoms with Crippen molar-refractivity contribution >= 4 is 5.96 Å². The number of alkyl halides is 3. The molecule has 1 rings (SSSR count). The fourth-order valence-corrected chi connectivity index (χ4v) is 1.96. The molecule has 0 atom stereocenters. The van der Waals surface area contributed by atoms with Crippen LogP contribution in [0.5, 0.6) is 5.88 Å². The molecular weight excluding hydrogens is 321 g/mol. The molecule has 0 unspecified atom stereocenters. The van der Waals surface area contributed by atoms with Crippen molar-refractivity contribution in [2.45, 2.75) is 39.4 Å². The van der Waals surface area contributed by atoms with Crippen LogP contribution in [0, 0.1) is 5.92 Å². The van der Waals surface area contributed by atoms with Crippen LogP contribution >= 0.6 is 0 Å². The summed E-state index contributed by atoms with van der Waals surface area (Å²) in [6.07, 6.45) is -0.863. The first-order chi connectivity index (χ1) is 11.3. The normalized spacial score (nSPS) is 12.4. The second kappa shape index (κ2) is 10.00. The van der Waals surface area contributed by atoms with Gasteiger partial charge in [0.05, 0.1) is 0 Å². The van der Waals surface area contributed by atoms with Crippen LogP contribution in [-0.4, -0.2) is 37.3 Å². The Kier molecular flexibility index (Phi) is 8.35. The minimum atomic E-state index is -4.39. The monoisotopic (exact) mass is 346 g/mol. The van der Waals surface area contributed by atoms with E-state index < -0.39 is 12.8 Å². The van der Waals surface area contributed by atoms with Gasteiger partial charge in [0.1, 0.15) is 0 Å². The first-order valence-electron chi connectivity index (χ1n) is 7.89. The molecule has 1 aromatic rings. The summed E-state index contributed by atoms with van der Waals surface area (Å²) in [7, 11) is 1.64. The Morgan fingerprint density at radius 3 is 2.71 bits per heavy atom. The van der Waals surface area contributed by atoms with Crippen LogP contribution in [0.1, 0.15) is 32.3 Å². The minimum Gasteiger partial charge on any atom is -0.468 e. The zero-order valence-corrected chi connectivity index (χ0v) is 14.3. The lowest BCUT2D eigenvalue weighted by Gasteiger charge is -2.15. The van der Waals surface area contributed by atoms with Crippen molar-refractivity contribution in [1.82, 2.24) is 15.6 Å². The van der Waals surface area contributed by atoms with E-state index in [2.05, 4.69) is 34.5 Å². The molecule has 0 saturated heterocycles. The van der Waals surface area contributed by atoms with Gasteiger partial charge in [0, 0.05) is 31.9 Å². The number of aromatic nitrogens is 1. The minimum absolute atomic E-state index is 0.0300. The molecule has 0 bridgehead atoms. The average Bonchev–Trinajstić information content (AvgIpc) is 2.52. The van der Waals surface area contributed by atoms with Gasteiger partial charge in [0.2, 0.25) is 5.88 Å². The first-order valence-corrected chi connectivity index (χ1v) is 7.89. The van der Waals surface area contributed by atoms with Gasteiger partial charge in [-0.05, 0) is 24.8 Å². The molecule has 1 aromatic heterocycles. The molecule has 1 heterocycles. The molecule has 0 spiro atoms. The van der Waals surface area contributed by atoms with Crippen molar-refractivity contribution < 1.29 is 17.9 Å². The number of pyridine rings is 1. The van der Waals surface area contributed by atoms with Gasteiger partial charge in [-0.1, -0.05) is 19.9 Å². The third kappa shape index (κ3) is 8.59. The maximum atomic E-state index is 12.3. The molecule has 136 valence electrons. The van der Waals surface area contributed by atoms with Gasteiger partial charge in [-0.2, -0.15) is 13.2 Å². The maximum absolute atomic E-state index is 12.3. The van der Waals surface area contributed by atoms with Crippen LogP contribution in [0.3, 0.4) is 0 Å². The number of nitrogens with one attached hydrogen (secondary N) is 2. The van der Waals surface area contributed by atoms with E-state index in [1.54, 1.807) is 19.2 Å². The number of hydrogen-bond donors (Lipinski definition) is 2. The summed E-state index contributed by atoms with van der Waals surface area (Å²) in [5.41, 5.74) is 0.534. The molecule has 0 radical (unpaired) electrons. The van der Waals surface area contributed by atoms with Gasteiger partial charge in [0.25, 0.3) is 0 Å². The van der Waals surface area contributed by atoms with Crippen LogP contribution in [0.15, 0.2) is 23.3 Å². The molecule has 0 aliphatic rings. The van der Waals surface area contributed by atoms with Gasteiger partial charge in [-0.25, -0.2) is 4.98 Å². The molecule has 0 aliphatic carbocycles. The van der Waals surface area contributed by atoms with Gasteiger partial charge < -0.3 is 15.4 Å². The van der Waals surface area contributed by atoms with Crippen LogP contribution in [0.25, 0.3) is 0 Å². The molecule has 0 amide bonds. The number of halogens is 3. The summed E-state index contributed by atoms with van der Waals surface area (Å²) in [4.78, 5) is 7.95. The highest BCUT2D eigenvalue weighted by molar-refractivity contribution is 5.79. The molecule has 0 saturated carbocycles. The van der Waals surface area contributed by atoms with Gasteiger partial charge in [-0.15, -0.1) is 0 Å². The fourth-order valence-electron chi connectivity index (χ4n) is 1.96. The lowest BCUT2D eigenvalue weighted by molar-refractivity contribution is -0.154. The number of ether oxygens (including phenoxy) is 1. The fraction of sp³-hybridized carbons (Fsp3) is 0.625. The van der Waals surface area contributed by atoms with E-state index in [4.69, 9.17) is 4.74 Å². The Hall–Kier alpha value is -1.99. The molecule has 0 aliphatic heterocycles. The van der Waals surface area contributed by atoms with Crippen molar-refractivity contribution in [3.63, 3.8) is 0 Å². The number of nitrogens with zero attached hydrogens (tertiary/aromatic N) is 2. The highest BCUT2D eigenvalue weighted by atomic mass is 19.4. The molecule has 24 heavy (non-hydrogen) atoms. The van der Waals surface area contributed by atoms with E-state index in [9.17, 15) is 13.2 Å². The van der Waals surface area contributed by atoms with Gasteiger partial charge >= 0.3 is 6.18 Å². The standard InChI is InChI=1S/C16H25F3N4O/c1-12(2)6-4-9-22-15(20-3)23-10-13-7-5-8-21-14(13)24-11-16(17,18)19/h5,7-8,12H,4,6,9-11H2,1-3H3,(H2,20,22,23). The Morgan fingerprint density at radius 2 is 2.08 bits per heavy atom. The molecular formula is C16H25F3N4O. The molecule has 0 aromatic carbocycles. The predicted octanol–water partition coefficient (Wildman–Crippen LogP) is 3.12. The van der Waals surface area contributed by atoms with Crippen molar-refractivity contribution in [2.75, 3.05) is 20.2 Å². The van der Waals surface area contributed by atoms with Crippen molar-refractivity contribution in [3.05, 3.63) is 23.9 Å². The first kappa shape index (κ1) is 20.1. The SMILES string of the molecule is CN=C(NCCCC(C)C)NCc1cccnc1OCC(F)(F)F. The van der Waals surface area contributed by atoms with Crippen molar-refractivity contribution in [3.8, 4) is 5.88 Å². The molecule has 0 fully saturated rings. The average molecular weight is 346 g/mol. The van der Waals surface area contributed by atoms with E-state index in [0.29, 0.717) is 17.4 Å². The Morgan fingerprint density at radius 1 is 1.33 bits per heavy atom. The summed E-state index contributed by atoms with van der Waals surface area (Å²) in [6.45, 7) is 4.02. The van der Waals surface area contributed by atoms with E-state index in [0.717, 1.165) is 19.4 Å². The lowest BCUT2D eigenvalue weighted by Crippen LogP contribution is -2.37. The van der Waals surface area contributed by atoms with E-state index in [-0.39, 0.29) is 12.4 Å². The van der Waals surface area contributed by atoms with Gasteiger partial charge in [-0.3, -0.25) is 4.99 Å². The zero-order chi connectivity index (χ0) is 18.0. The number of aliphatic imine (C=N–C) groups is 1. The Labute approximate surface area is 140 Å². The third-order valence-corrected chi connectivity index (χ3v) is 3.14. The summed E-state index contributed by atoms with van der Waals surface area (Å²) in [6, 6.07) is 3.31. The largest absolute Gasteiger partial charge is 0.468 e. The van der Waals surface area contributed by atoms with Gasteiger partial charge in [0.15, 0.2) is 12.6 Å². The quantitative estimate of drug-likeness (QED) is 0.431.